The summed E-state index contributed by atoms with van der Waals surface area (Å²) >= 11 is 1.27. The lowest BCUT2D eigenvalue weighted by molar-refractivity contribution is -0.0136. The highest BCUT2D eigenvalue weighted by molar-refractivity contribution is 7.14. The molecule has 4 fully saturated rings. The number of carbonyl (C=O) groups is 2. The van der Waals surface area contributed by atoms with Crippen molar-refractivity contribution in [1.29, 1.82) is 0 Å². The first-order valence-corrected chi connectivity index (χ1v) is 9.91. The van der Waals surface area contributed by atoms with Crippen LogP contribution < -0.4 is 16.1 Å². The largest absolute Gasteiger partial charge is 0.333 e. The minimum atomic E-state index is -0.526. The van der Waals surface area contributed by atoms with Crippen molar-refractivity contribution in [3.63, 3.8) is 0 Å². The van der Waals surface area contributed by atoms with Gasteiger partial charge in [-0.25, -0.2) is 10.3 Å². The van der Waals surface area contributed by atoms with Crippen LogP contribution in [0.2, 0.25) is 0 Å². The van der Waals surface area contributed by atoms with Crippen LogP contribution in [0.5, 0.6) is 0 Å². The molecule has 4 aliphatic carbocycles. The van der Waals surface area contributed by atoms with E-state index in [0.29, 0.717) is 4.88 Å². The minimum absolute atomic E-state index is 0.00403. The first-order chi connectivity index (χ1) is 12.0. The predicted octanol–water partition coefficient (Wildman–Crippen LogP) is 3.20. The van der Waals surface area contributed by atoms with Gasteiger partial charge in [-0.1, -0.05) is 0 Å². The number of hydrogen-bond donors (Lipinski definition) is 4. The van der Waals surface area contributed by atoms with Gasteiger partial charge >= 0.3 is 6.03 Å². The predicted molar refractivity (Wildman–Crippen MR) is 94.6 cm³/mol. The summed E-state index contributed by atoms with van der Waals surface area (Å²) in [7, 11) is 0. The Morgan fingerprint density at radius 1 is 1.16 bits per heavy atom. The minimum Gasteiger partial charge on any atom is -0.333 e. The lowest BCUT2D eigenvalue weighted by atomic mass is 9.53. The molecule has 1 aromatic heterocycles. The molecule has 7 heteroatoms. The molecule has 25 heavy (non-hydrogen) atoms. The summed E-state index contributed by atoms with van der Waals surface area (Å²) in [5.41, 5.74) is 1.63. The standard InChI is InChI=1S/C18H25N3O3S/c1-10(14-2-3-15(25-14)16(22)21-24)19-17(23)20-18-7-11-4-12(8-18)6-13(5-11)9-18/h2-3,10-13,24H,4-9H2,1H3,(H,21,22)(H2,19,20,23). The van der Waals surface area contributed by atoms with Crippen LogP contribution >= 0.6 is 11.3 Å². The van der Waals surface area contributed by atoms with E-state index in [9.17, 15) is 9.59 Å². The number of thiophene rings is 1. The van der Waals surface area contributed by atoms with Gasteiger partial charge in [0.25, 0.3) is 5.91 Å². The van der Waals surface area contributed by atoms with E-state index in [4.69, 9.17) is 5.21 Å². The zero-order valence-electron chi connectivity index (χ0n) is 14.4. The molecule has 6 nitrogen and oxygen atoms in total. The molecule has 1 atom stereocenters. The maximum absolute atomic E-state index is 12.6. The SMILES string of the molecule is CC(NC(=O)NC12CC3CC(CC(C3)C1)C2)c1ccc(C(=O)NO)s1. The number of carbonyl (C=O) groups excluding carboxylic acids is 2. The average Bonchev–Trinajstić information content (AvgIpc) is 3.02. The molecule has 0 saturated heterocycles. The highest BCUT2D eigenvalue weighted by atomic mass is 32.1. The molecule has 4 aliphatic rings. The molecule has 136 valence electrons. The van der Waals surface area contributed by atoms with Gasteiger partial charge in [0.05, 0.1) is 10.9 Å². The summed E-state index contributed by atoms with van der Waals surface area (Å²) in [5, 5.41) is 15.0. The maximum Gasteiger partial charge on any atom is 0.315 e. The van der Waals surface area contributed by atoms with Crippen molar-refractivity contribution in [2.45, 2.75) is 57.0 Å². The Bertz CT molecular complexity index is 652. The Labute approximate surface area is 151 Å². The zero-order valence-corrected chi connectivity index (χ0v) is 15.2. The fourth-order valence-corrected chi connectivity index (χ4v) is 6.47. The van der Waals surface area contributed by atoms with Crippen LogP contribution in [-0.2, 0) is 0 Å². The van der Waals surface area contributed by atoms with Crippen LogP contribution in [0.25, 0.3) is 0 Å². The highest BCUT2D eigenvalue weighted by Gasteiger charge is 2.51. The summed E-state index contributed by atoms with van der Waals surface area (Å²) in [6, 6.07) is 3.17. The van der Waals surface area contributed by atoms with E-state index >= 15 is 0 Å². The fraction of sp³-hybridized carbons (Fsp3) is 0.667. The Hall–Kier alpha value is -1.60. The second kappa shape index (κ2) is 6.29. The number of nitrogens with one attached hydrogen (secondary N) is 3. The van der Waals surface area contributed by atoms with Crippen LogP contribution in [0.4, 0.5) is 4.79 Å². The Balaban J connectivity index is 1.37. The van der Waals surface area contributed by atoms with Crippen molar-refractivity contribution in [2.24, 2.45) is 17.8 Å². The molecule has 1 aromatic rings. The maximum atomic E-state index is 12.6. The molecule has 0 aromatic carbocycles. The van der Waals surface area contributed by atoms with Gasteiger partial charge in [0, 0.05) is 10.4 Å². The van der Waals surface area contributed by atoms with Crippen molar-refractivity contribution < 1.29 is 14.8 Å². The molecule has 0 radical (unpaired) electrons. The van der Waals surface area contributed by atoms with Crippen molar-refractivity contribution >= 4 is 23.3 Å². The summed E-state index contributed by atoms with van der Waals surface area (Å²) in [4.78, 5) is 25.3. The van der Waals surface area contributed by atoms with Gasteiger partial charge in [-0.15, -0.1) is 11.3 Å². The Morgan fingerprint density at radius 2 is 1.76 bits per heavy atom. The van der Waals surface area contributed by atoms with Gasteiger partial charge in [-0.3, -0.25) is 10.0 Å². The molecular formula is C18H25N3O3S. The Kier molecular flexibility index (Phi) is 4.24. The summed E-state index contributed by atoms with van der Waals surface area (Å²) in [5.74, 6) is 1.85. The fourth-order valence-electron chi connectivity index (χ4n) is 5.57. The van der Waals surface area contributed by atoms with Gasteiger partial charge in [0.15, 0.2) is 0 Å². The number of hydroxylamine groups is 1. The van der Waals surface area contributed by atoms with E-state index in [1.165, 1.54) is 30.6 Å². The average molecular weight is 363 g/mol. The molecule has 1 heterocycles. The second-order valence-corrected chi connectivity index (χ2v) is 9.28. The van der Waals surface area contributed by atoms with E-state index < -0.39 is 5.91 Å². The van der Waals surface area contributed by atoms with Gasteiger partial charge in [0.2, 0.25) is 0 Å². The van der Waals surface area contributed by atoms with Crippen molar-refractivity contribution in [3.8, 4) is 0 Å². The molecule has 4 saturated carbocycles. The quantitative estimate of drug-likeness (QED) is 0.489. The van der Waals surface area contributed by atoms with Gasteiger partial charge in [-0.2, -0.15) is 0 Å². The number of amides is 3. The van der Waals surface area contributed by atoms with Crippen molar-refractivity contribution in [2.75, 3.05) is 0 Å². The normalized spacial score (nSPS) is 33.8. The van der Waals surface area contributed by atoms with Crippen LogP contribution in [0.3, 0.4) is 0 Å². The molecule has 1 unspecified atom stereocenters. The number of rotatable bonds is 4. The molecule has 0 aliphatic heterocycles. The summed E-state index contributed by atoms with van der Waals surface area (Å²) in [6.07, 6.45) is 7.43. The summed E-state index contributed by atoms with van der Waals surface area (Å²) < 4.78 is 0. The topological polar surface area (TPSA) is 90.5 Å². The van der Waals surface area contributed by atoms with E-state index in [0.717, 1.165) is 41.9 Å². The third-order valence-electron chi connectivity index (χ3n) is 6.14. The van der Waals surface area contributed by atoms with Gasteiger partial charge < -0.3 is 10.6 Å². The smallest absolute Gasteiger partial charge is 0.315 e. The third-order valence-corrected chi connectivity index (χ3v) is 7.41. The van der Waals surface area contributed by atoms with Crippen molar-refractivity contribution in [3.05, 3.63) is 21.9 Å². The second-order valence-electron chi connectivity index (χ2n) is 8.16. The lowest BCUT2D eigenvalue weighted by Gasteiger charge is -2.56. The van der Waals surface area contributed by atoms with E-state index in [-0.39, 0.29) is 17.6 Å². The molecular weight excluding hydrogens is 338 g/mol. The summed E-state index contributed by atoms with van der Waals surface area (Å²) in [6.45, 7) is 1.91. The first kappa shape index (κ1) is 16.8. The van der Waals surface area contributed by atoms with Crippen LogP contribution in [0.15, 0.2) is 12.1 Å². The number of urea groups is 1. The molecule has 3 amide bonds. The van der Waals surface area contributed by atoms with Crippen molar-refractivity contribution in [1.82, 2.24) is 16.1 Å². The first-order valence-electron chi connectivity index (χ1n) is 9.09. The Morgan fingerprint density at radius 3 is 2.32 bits per heavy atom. The molecule has 5 rings (SSSR count). The van der Waals surface area contributed by atoms with Gasteiger partial charge in [0.1, 0.15) is 0 Å². The van der Waals surface area contributed by atoms with Crippen LogP contribution in [-0.4, -0.2) is 22.7 Å². The molecule has 4 N–H and O–H groups in total. The van der Waals surface area contributed by atoms with E-state index in [1.54, 1.807) is 11.5 Å². The monoisotopic (exact) mass is 363 g/mol. The number of hydrogen-bond acceptors (Lipinski definition) is 4. The molecule has 4 bridgehead atoms. The zero-order chi connectivity index (χ0) is 17.6. The lowest BCUT2D eigenvalue weighted by Crippen LogP contribution is -2.61. The third kappa shape index (κ3) is 3.27. The van der Waals surface area contributed by atoms with Gasteiger partial charge in [-0.05, 0) is 75.3 Å². The van der Waals surface area contributed by atoms with Crippen LogP contribution in [0, 0.1) is 17.8 Å². The van der Waals surface area contributed by atoms with E-state index in [2.05, 4.69) is 10.6 Å². The highest BCUT2D eigenvalue weighted by Crippen LogP contribution is 2.55. The van der Waals surface area contributed by atoms with Crippen LogP contribution in [0.1, 0.15) is 66.0 Å². The van der Waals surface area contributed by atoms with E-state index in [1.807, 2.05) is 13.0 Å². The molecule has 0 spiro atoms.